The summed E-state index contributed by atoms with van der Waals surface area (Å²) in [5.41, 5.74) is -0.0548. The van der Waals surface area contributed by atoms with Gasteiger partial charge in [-0.05, 0) is 12.1 Å². The molecule has 1 heterocycles. The normalized spacial score (nSPS) is 17.6. The molecule has 0 bridgehead atoms. The fraction of sp³-hybridized carbons (Fsp3) is 0.300. The summed E-state index contributed by atoms with van der Waals surface area (Å²) in [6, 6.07) is 1.20. The van der Waals surface area contributed by atoms with E-state index in [4.69, 9.17) is 11.6 Å². The quantitative estimate of drug-likeness (QED) is 0.845. The number of halogens is 1. The van der Waals surface area contributed by atoms with Crippen molar-refractivity contribution in [3.63, 3.8) is 0 Å². The van der Waals surface area contributed by atoms with Gasteiger partial charge >= 0.3 is 6.03 Å². The van der Waals surface area contributed by atoms with Crippen LogP contribution in [0.25, 0.3) is 0 Å². The Morgan fingerprint density at radius 2 is 1.86 bits per heavy atom. The summed E-state index contributed by atoms with van der Waals surface area (Å²) in [5, 5.41) is 2.15. The number of nitrogens with one attached hydrogen (secondary N) is 1. The number of carbonyl (C=O) groups is 1. The predicted octanol–water partition coefficient (Wildman–Crippen LogP) is 0.756. The lowest BCUT2D eigenvalue weighted by Crippen LogP contribution is -2.41. The van der Waals surface area contributed by atoms with Crippen molar-refractivity contribution in [2.45, 2.75) is 9.79 Å². The highest BCUT2D eigenvalue weighted by Gasteiger charge is 2.36. The molecule has 1 aromatic carbocycles. The molecule has 0 radical (unpaired) electrons. The molecule has 0 fully saturated rings. The maximum absolute atomic E-state index is 12.2. The number of rotatable bonds is 2. The lowest BCUT2D eigenvalue weighted by molar-refractivity contribution is 0.240. The van der Waals surface area contributed by atoms with Crippen LogP contribution in [0.15, 0.2) is 21.9 Å². The van der Waals surface area contributed by atoms with E-state index in [0.29, 0.717) is 4.31 Å². The Kier molecular flexibility index (Phi) is 3.69. The average molecular weight is 354 g/mol. The van der Waals surface area contributed by atoms with Gasteiger partial charge in [0.1, 0.15) is 9.79 Å². The molecule has 116 valence electrons. The molecule has 1 N–H and O–H groups in total. The number of amides is 2. The van der Waals surface area contributed by atoms with Gasteiger partial charge in [0.05, 0.1) is 10.7 Å². The number of carbonyl (C=O) groups excluding carboxylic acids is 1. The monoisotopic (exact) mass is 353 g/mol. The molecule has 0 unspecified atom stereocenters. The Morgan fingerprint density at radius 1 is 1.29 bits per heavy atom. The number of urea groups is 1. The van der Waals surface area contributed by atoms with Gasteiger partial charge in [-0.15, -0.1) is 0 Å². The molecule has 1 aliphatic rings. The van der Waals surface area contributed by atoms with Gasteiger partial charge < -0.3 is 5.32 Å². The second kappa shape index (κ2) is 4.83. The first-order chi connectivity index (χ1) is 9.49. The fourth-order valence-corrected chi connectivity index (χ4v) is 4.40. The number of hydrogen-bond donors (Lipinski definition) is 1. The van der Waals surface area contributed by atoms with Crippen molar-refractivity contribution in [1.82, 2.24) is 8.61 Å². The summed E-state index contributed by atoms with van der Waals surface area (Å²) in [5.74, 6) is 0. The number of benzene rings is 1. The van der Waals surface area contributed by atoms with E-state index < -0.39 is 26.1 Å². The molecule has 1 aliphatic heterocycles. The van der Waals surface area contributed by atoms with E-state index in [9.17, 15) is 21.6 Å². The maximum atomic E-state index is 12.2. The van der Waals surface area contributed by atoms with Crippen molar-refractivity contribution in [2.24, 2.45) is 0 Å². The van der Waals surface area contributed by atoms with Gasteiger partial charge in [-0.3, -0.25) is 0 Å². The van der Waals surface area contributed by atoms with Crippen LogP contribution >= 0.6 is 11.6 Å². The number of nitrogens with zero attached hydrogens (tertiary/aromatic N) is 2. The molecule has 11 heteroatoms. The van der Waals surface area contributed by atoms with Gasteiger partial charge in [0.2, 0.25) is 10.0 Å². The average Bonchev–Trinajstić information content (AvgIpc) is 2.35. The highest BCUT2D eigenvalue weighted by Crippen LogP contribution is 2.36. The topological polar surface area (TPSA) is 104 Å². The lowest BCUT2D eigenvalue weighted by atomic mass is 10.3. The Bertz CT molecular complexity index is 832. The van der Waals surface area contributed by atoms with Crippen molar-refractivity contribution in [3.8, 4) is 0 Å². The second-order valence-corrected chi connectivity index (χ2v) is 8.93. The summed E-state index contributed by atoms with van der Waals surface area (Å²) in [4.78, 5) is 10.9. The van der Waals surface area contributed by atoms with Gasteiger partial charge in [0.15, 0.2) is 0 Å². The third-order valence-corrected chi connectivity index (χ3v) is 7.02. The third kappa shape index (κ3) is 2.37. The van der Waals surface area contributed by atoms with Crippen molar-refractivity contribution >= 4 is 43.4 Å². The molecule has 2 amide bonds. The molecule has 0 saturated heterocycles. The van der Waals surface area contributed by atoms with E-state index in [-0.39, 0.29) is 20.5 Å². The lowest BCUT2D eigenvalue weighted by Gasteiger charge is -2.26. The molecule has 0 atom stereocenters. The minimum atomic E-state index is -4.12. The molecule has 0 saturated carbocycles. The number of hydrogen-bond acceptors (Lipinski definition) is 5. The second-order valence-electron chi connectivity index (χ2n) is 4.47. The largest absolute Gasteiger partial charge is 0.335 e. The van der Waals surface area contributed by atoms with E-state index in [1.165, 1.54) is 14.1 Å². The zero-order valence-electron chi connectivity index (χ0n) is 11.3. The van der Waals surface area contributed by atoms with Crippen LogP contribution in [0.3, 0.4) is 0 Å². The van der Waals surface area contributed by atoms with Gasteiger partial charge in [-0.25, -0.2) is 30.2 Å². The first kappa shape index (κ1) is 16.0. The Hall–Kier alpha value is -1.36. The van der Waals surface area contributed by atoms with Gasteiger partial charge in [0.25, 0.3) is 10.0 Å². The summed E-state index contributed by atoms with van der Waals surface area (Å²) < 4.78 is 50.1. The Labute approximate surface area is 127 Å². The first-order valence-corrected chi connectivity index (χ1v) is 8.81. The molecule has 0 spiro atoms. The van der Waals surface area contributed by atoms with Crippen LogP contribution in [0.4, 0.5) is 10.5 Å². The van der Waals surface area contributed by atoms with Crippen molar-refractivity contribution < 1.29 is 21.6 Å². The SMILES string of the molecule is CN(C)S(=O)(=O)c1cc2c(cc1Cl)NC(=O)N(C)S2(=O)=O. The predicted molar refractivity (Wildman–Crippen MR) is 76.3 cm³/mol. The minimum Gasteiger partial charge on any atom is -0.306 e. The third-order valence-electron chi connectivity index (χ3n) is 2.96. The highest BCUT2D eigenvalue weighted by molar-refractivity contribution is 7.90. The molecule has 0 aliphatic carbocycles. The molecule has 21 heavy (non-hydrogen) atoms. The van der Waals surface area contributed by atoms with E-state index in [2.05, 4.69) is 5.32 Å². The van der Waals surface area contributed by atoms with Gasteiger partial charge in [-0.2, -0.15) is 0 Å². The van der Waals surface area contributed by atoms with Gasteiger partial charge in [0, 0.05) is 21.1 Å². The molecular formula is C10H12ClN3O5S2. The Balaban J connectivity index is 2.80. The van der Waals surface area contributed by atoms with Crippen molar-refractivity contribution in [2.75, 3.05) is 26.5 Å². The standard InChI is InChI=1S/C10H12ClN3O5S2/c1-13(2)20(16,17)8-5-9-7(4-6(8)11)12-10(15)14(3)21(9,18)19/h4-5H,1-3H3,(H,12,15). The summed E-state index contributed by atoms with van der Waals surface area (Å²) >= 11 is 5.90. The van der Waals surface area contributed by atoms with E-state index in [1.54, 1.807) is 0 Å². The fourth-order valence-electron chi connectivity index (χ4n) is 1.69. The smallest absolute Gasteiger partial charge is 0.306 e. The van der Waals surface area contributed by atoms with Crippen LogP contribution < -0.4 is 5.32 Å². The molecule has 0 aromatic heterocycles. The number of anilines is 1. The number of sulfonamides is 2. The van der Waals surface area contributed by atoms with Crippen LogP contribution in [0, 0.1) is 0 Å². The summed E-state index contributed by atoms with van der Waals surface area (Å²) in [6.07, 6.45) is 0. The first-order valence-electron chi connectivity index (χ1n) is 5.55. The molecule has 8 nitrogen and oxygen atoms in total. The van der Waals surface area contributed by atoms with E-state index >= 15 is 0 Å². The summed E-state index contributed by atoms with van der Waals surface area (Å²) in [7, 11) is -4.36. The highest BCUT2D eigenvalue weighted by atomic mass is 35.5. The molecular weight excluding hydrogens is 342 g/mol. The van der Waals surface area contributed by atoms with Gasteiger partial charge in [-0.1, -0.05) is 11.6 Å². The number of fused-ring (bicyclic) bond motifs is 1. The van der Waals surface area contributed by atoms with Crippen LogP contribution in [-0.2, 0) is 20.0 Å². The van der Waals surface area contributed by atoms with Crippen LogP contribution in [0.5, 0.6) is 0 Å². The maximum Gasteiger partial charge on any atom is 0.335 e. The zero-order chi connectivity index (χ0) is 16.2. The Morgan fingerprint density at radius 3 is 2.38 bits per heavy atom. The molecule has 1 aromatic rings. The van der Waals surface area contributed by atoms with Crippen LogP contribution in [0.2, 0.25) is 5.02 Å². The van der Waals surface area contributed by atoms with Crippen molar-refractivity contribution in [3.05, 3.63) is 17.2 Å². The van der Waals surface area contributed by atoms with E-state index in [1.807, 2.05) is 0 Å². The van der Waals surface area contributed by atoms with Crippen LogP contribution in [0.1, 0.15) is 0 Å². The minimum absolute atomic E-state index is 0.0548. The van der Waals surface area contributed by atoms with E-state index in [0.717, 1.165) is 23.5 Å². The molecule has 2 rings (SSSR count). The van der Waals surface area contributed by atoms with Crippen LogP contribution in [-0.4, -0.2) is 52.6 Å². The zero-order valence-corrected chi connectivity index (χ0v) is 13.7. The van der Waals surface area contributed by atoms with Crippen molar-refractivity contribution in [1.29, 1.82) is 0 Å². The summed E-state index contributed by atoms with van der Waals surface area (Å²) in [6.45, 7) is 0.